The molecule has 0 radical (unpaired) electrons. The van der Waals surface area contributed by atoms with Crippen LogP contribution in [-0.4, -0.2) is 11.4 Å². The van der Waals surface area contributed by atoms with E-state index in [-0.39, 0.29) is 0 Å². The maximum atomic E-state index is 2.28. The molecule has 1 heteroatoms. The van der Waals surface area contributed by atoms with Crippen molar-refractivity contribution in [2.45, 2.75) is 85.0 Å². The Kier molecular flexibility index (Phi) is 14.8. The van der Waals surface area contributed by atoms with Crippen molar-refractivity contribution in [3.8, 4) is 0 Å². The second-order valence-corrected chi connectivity index (χ2v) is 5.38. The lowest BCUT2D eigenvalue weighted by Crippen LogP contribution is -2.10. The molecule has 0 bridgehead atoms. The van der Waals surface area contributed by atoms with E-state index in [4.69, 9.17) is 0 Å². The monoisotopic (exact) mass is 265 g/mol. The lowest BCUT2D eigenvalue weighted by Gasteiger charge is -2.14. The Morgan fingerprint density at radius 2 is 1.05 bits per heavy atom. The van der Waals surface area contributed by atoms with Crippen LogP contribution in [0.3, 0.4) is 0 Å². The Hall–Kier alpha value is -0.720. The average molecular weight is 265 g/mol. The van der Waals surface area contributed by atoms with Crippen molar-refractivity contribution in [2.24, 2.45) is 0 Å². The Morgan fingerprint density at radius 3 is 1.47 bits per heavy atom. The van der Waals surface area contributed by atoms with E-state index < -0.39 is 0 Å². The number of allylic oxidation sites excluding steroid dienone is 2. The van der Waals surface area contributed by atoms with Gasteiger partial charge in [0.2, 0.25) is 0 Å². The van der Waals surface area contributed by atoms with Crippen LogP contribution in [0, 0.1) is 0 Å². The Bertz CT molecular complexity index is 206. The number of hydrogen-bond donors (Lipinski definition) is 0. The van der Waals surface area contributed by atoms with E-state index >= 15 is 0 Å². The van der Waals surface area contributed by atoms with Gasteiger partial charge in [-0.1, -0.05) is 76.9 Å². The highest BCUT2D eigenvalue weighted by Crippen LogP contribution is 2.10. The third kappa shape index (κ3) is 13.5. The van der Waals surface area contributed by atoms with Crippen LogP contribution in [0.1, 0.15) is 85.0 Å². The number of rotatable bonds is 13. The molecule has 1 nitrogen and oxygen atoms in total. The van der Waals surface area contributed by atoms with E-state index in [1.54, 1.807) is 0 Å². The minimum atomic E-state index is 1.16. The van der Waals surface area contributed by atoms with Gasteiger partial charge < -0.3 is 4.90 Å². The summed E-state index contributed by atoms with van der Waals surface area (Å²) in [5.41, 5.74) is 0. The van der Waals surface area contributed by atoms with Gasteiger partial charge in [0.1, 0.15) is 0 Å². The summed E-state index contributed by atoms with van der Waals surface area (Å²) in [6.45, 7) is 7.60. The SMILES string of the molecule is C/C=C/N(/C=C/C)CCCCCCCCCCCC. The molecule has 0 aromatic carbocycles. The number of nitrogens with zero attached hydrogens (tertiary/aromatic N) is 1. The van der Waals surface area contributed by atoms with Crippen LogP contribution in [0.15, 0.2) is 24.6 Å². The highest BCUT2D eigenvalue weighted by molar-refractivity contribution is 4.88. The maximum Gasteiger partial charge on any atom is 0.0219 e. The van der Waals surface area contributed by atoms with Gasteiger partial charge in [0.15, 0.2) is 0 Å². The first-order chi connectivity index (χ1) is 9.35. The molecule has 0 unspecified atom stereocenters. The largest absolute Gasteiger partial charge is 0.355 e. The summed E-state index contributed by atoms with van der Waals surface area (Å²) in [4.78, 5) is 2.28. The summed E-state index contributed by atoms with van der Waals surface area (Å²) >= 11 is 0. The average Bonchev–Trinajstić information content (AvgIpc) is 2.41. The van der Waals surface area contributed by atoms with Crippen LogP contribution >= 0.6 is 0 Å². The molecule has 0 heterocycles. The predicted molar refractivity (Wildman–Crippen MR) is 88.2 cm³/mol. The molecular weight excluding hydrogens is 230 g/mol. The van der Waals surface area contributed by atoms with E-state index in [1.165, 1.54) is 64.2 Å². The summed E-state index contributed by atoms with van der Waals surface area (Å²) in [6.07, 6.45) is 22.6. The first kappa shape index (κ1) is 18.3. The number of hydrogen-bond acceptors (Lipinski definition) is 1. The molecule has 0 saturated carbocycles. The van der Waals surface area contributed by atoms with Gasteiger partial charge in [0.05, 0.1) is 0 Å². The van der Waals surface area contributed by atoms with Crippen LogP contribution in [0.5, 0.6) is 0 Å². The Morgan fingerprint density at radius 1 is 0.632 bits per heavy atom. The van der Waals surface area contributed by atoms with Crippen molar-refractivity contribution in [1.82, 2.24) is 4.90 Å². The quantitative estimate of drug-likeness (QED) is 0.354. The molecule has 0 aliphatic rings. The minimum absolute atomic E-state index is 1.16. The van der Waals surface area contributed by atoms with Crippen LogP contribution in [0.2, 0.25) is 0 Å². The normalized spacial score (nSPS) is 11.7. The van der Waals surface area contributed by atoms with Gasteiger partial charge in [-0.3, -0.25) is 0 Å². The van der Waals surface area contributed by atoms with Gasteiger partial charge >= 0.3 is 0 Å². The molecule has 0 saturated heterocycles. The van der Waals surface area contributed by atoms with Gasteiger partial charge in [0.25, 0.3) is 0 Å². The maximum absolute atomic E-state index is 2.28. The first-order valence-corrected chi connectivity index (χ1v) is 8.36. The predicted octanol–water partition coefficient (Wildman–Crippen LogP) is 6.28. The van der Waals surface area contributed by atoms with Gasteiger partial charge in [-0.2, -0.15) is 0 Å². The van der Waals surface area contributed by atoms with Crippen molar-refractivity contribution in [2.75, 3.05) is 6.54 Å². The molecule has 0 spiro atoms. The molecule has 0 aromatic rings. The molecule has 0 aromatic heterocycles. The Balaban J connectivity index is 3.29. The summed E-state index contributed by atoms with van der Waals surface area (Å²) in [5, 5.41) is 0. The number of unbranched alkanes of at least 4 members (excludes halogenated alkanes) is 9. The van der Waals surface area contributed by atoms with E-state index in [2.05, 4.69) is 50.2 Å². The van der Waals surface area contributed by atoms with Crippen LogP contribution < -0.4 is 0 Å². The molecule has 0 N–H and O–H groups in total. The standard InChI is InChI=1S/C18H35N/c1-4-7-8-9-10-11-12-13-14-15-18-19(16-5-2)17-6-3/h5-6,16-17H,4,7-15,18H2,1-3H3/b16-5+,17-6+. The molecule has 0 fully saturated rings. The summed E-state index contributed by atoms with van der Waals surface area (Å²) in [7, 11) is 0. The molecule has 0 aliphatic carbocycles. The van der Waals surface area contributed by atoms with E-state index in [1.807, 2.05) is 0 Å². The molecule has 0 aliphatic heterocycles. The summed E-state index contributed by atoms with van der Waals surface area (Å²) in [6, 6.07) is 0. The fourth-order valence-electron chi connectivity index (χ4n) is 2.36. The topological polar surface area (TPSA) is 3.24 Å². The third-order valence-electron chi connectivity index (χ3n) is 3.45. The smallest absolute Gasteiger partial charge is 0.0219 e. The fourth-order valence-corrected chi connectivity index (χ4v) is 2.36. The van der Waals surface area contributed by atoms with Crippen LogP contribution in [-0.2, 0) is 0 Å². The molecule has 0 amide bonds. The highest BCUT2D eigenvalue weighted by Gasteiger charge is 1.95. The molecular formula is C18H35N. The van der Waals surface area contributed by atoms with Gasteiger partial charge in [-0.05, 0) is 32.7 Å². The minimum Gasteiger partial charge on any atom is -0.355 e. The zero-order valence-corrected chi connectivity index (χ0v) is 13.5. The lowest BCUT2D eigenvalue weighted by atomic mass is 10.1. The summed E-state index contributed by atoms with van der Waals surface area (Å²) < 4.78 is 0. The molecule has 0 rings (SSSR count). The van der Waals surface area contributed by atoms with Crippen molar-refractivity contribution in [3.63, 3.8) is 0 Å². The van der Waals surface area contributed by atoms with Crippen molar-refractivity contribution in [1.29, 1.82) is 0 Å². The highest BCUT2D eigenvalue weighted by atomic mass is 15.1. The first-order valence-electron chi connectivity index (χ1n) is 8.36. The summed E-state index contributed by atoms with van der Waals surface area (Å²) in [5.74, 6) is 0. The zero-order valence-electron chi connectivity index (χ0n) is 13.5. The van der Waals surface area contributed by atoms with Gasteiger partial charge in [-0.15, -0.1) is 0 Å². The van der Waals surface area contributed by atoms with Crippen molar-refractivity contribution < 1.29 is 0 Å². The van der Waals surface area contributed by atoms with Crippen LogP contribution in [0.25, 0.3) is 0 Å². The second kappa shape index (κ2) is 15.3. The van der Waals surface area contributed by atoms with E-state index in [0.29, 0.717) is 0 Å². The molecule has 112 valence electrons. The fraction of sp³-hybridized carbons (Fsp3) is 0.778. The second-order valence-electron chi connectivity index (χ2n) is 5.38. The van der Waals surface area contributed by atoms with Crippen molar-refractivity contribution >= 4 is 0 Å². The van der Waals surface area contributed by atoms with Gasteiger partial charge in [-0.25, -0.2) is 0 Å². The van der Waals surface area contributed by atoms with E-state index in [9.17, 15) is 0 Å². The van der Waals surface area contributed by atoms with E-state index in [0.717, 1.165) is 6.54 Å². The lowest BCUT2D eigenvalue weighted by molar-refractivity contribution is 0.463. The third-order valence-corrected chi connectivity index (χ3v) is 3.45. The van der Waals surface area contributed by atoms with Crippen molar-refractivity contribution in [3.05, 3.63) is 24.6 Å². The van der Waals surface area contributed by atoms with Crippen LogP contribution in [0.4, 0.5) is 0 Å². The molecule has 19 heavy (non-hydrogen) atoms. The molecule has 0 atom stereocenters. The van der Waals surface area contributed by atoms with Gasteiger partial charge in [0, 0.05) is 6.54 Å². The zero-order chi connectivity index (χ0) is 14.2. The Labute approximate surface area is 121 Å².